The fraction of sp³-hybridized carbons (Fsp3) is 0.654. The lowest BCUT2D eigenvalue weighted by atomic mass is 10.0. The van der Waals surface area contributed by atoms with Crippen LogP contribution in [0.2, 0.25) is 0 Å². The number of alkyl halides is 2. The van der Waals surface area contributed by atoms with Gasteiger partial charge in [-0.1, -0.05) is 0 Å². The molecule has 2 fully saturated rings. The average molecular weight is 503 g/mol. The fourth-order valence-electron chi connectivity index (χ4n) is 5.03. The maximum Gasteiger partial charge on any atom is 0.250 e. The lowest BCUT2D eigenvalue weighted by molar-refractivity contribution is -0.0983. The minimum atomic E-state index is -2.51. The SMILES string of the molecule is COc1ccc2nc(C#N)nc(NC3CCN(C(C)C)C(OCCCN4CCC(F)(F)CC4)C3)c2c1. The average Bonchev–Trinajstić information content (AvgIpc) is 2.87. The standard InChI is InChI=1S/C26H36F2N6O2/c1-18(2)34-11-7-19(15-24(34)36-14-4-10-33-12-8-26(27,28)9-13-33)30-25-21-16-20(35-3)5-6-22(21)31-23(17-29)32-25/h5-6,16,18-19,24H,4,7-15H2,1-3H3,(H,30,31,32). The molecule has 2 aromatic rings. The van der Waals surface area contributed by atoms with Crippen molar-refractivity contribution in [2.75, 3.05) is 45.2 Å². The molecule has 0 radical (unpaired) electrons. The molecule has 2 saturated heterocycles. The molecule has 1 N–H and O–H groups in total. The zero-order valence-corrected chi connectivity index (χ0v) is 21.3. The number of benzene rings is 1. The third-order valence-corrected chi connectivity index (χ3v) is 7.12. The Kier molecular flexibility index (Phi) is 8.54. The van der Waals surface area contributed by atoms with Gasteiger partial charge in [-0.05, 0) is 44.9 Å². The Hall–Kier alpha value is -2.61. The summed E-state index contributed by atoms with van der Waals surface area (Å²) in [4.78, 5) is 13.2. The van der Waals surface area contributed by atoms with Gasteiger partial charge in [-0.2, -0.15) is 5.26 Å². The Balaban J connectivity index is 1.38. The summed E-state index contributed by atoms with van der Waals surface area (Å²) in [6, 6.07) is 8.04. The molecule has 2 aliphatic heterocycles. The van der Waals surface area contributed by atoms with E-state index in [1.165, 1.54) is 0 Å². The number of aromatic nitrogens is 2. The molecule has 36 heavy (non-hydrogen) atoms. The van der Waals surface area contributed by atoms with E-state index in [0.717, 1.165) is 37.7 Å². The largest absolute Gasteiger partial charge is 0.497 e. The molecule has 4 rings (SSSR count). The smallest absolute Gasteiger partial charge is 0.250 e. The van der Waals surface area contributed by atoms with Crippen LogP contribution in [0.4, 0.5) is 14.6 Å². The van der Waals surface area contributed by atoms with Gasteiger partial charge in [-0.15, -0.1) is 0 Å². The number of fused-ring (bicyclic) bond motifs is 1. The van der Waals surface area contributed by atoms with Crippen molar-refractivity contribution in [3.8, 4) is 11.8 Å². The van der Waals surface area contributed by atoms with Crippen molar-refractivity contribution in [2.45, 2.75) is 70.2 Å². The van der Waals surface area contributed by atoms with Crippen molar-refractivity contribution >= 4 is 16.7 Å². The van der Waals surface area contributed by atoms with E-state index in [-0.39, 0.29) is 30.9 Å². The molecule has 0 spiro atoms. The van der Waals surface area contributed by atoms with Crippen LogP contribution in [0.15, 0.2) is 18.2 Å². The summed E-state index contributed by atoms with van der Waals surface area (Å²) in [7, 11) is 1.61. The Labute approximate surface area is 211 Å². The summed E-state index contributed by atoms with van der Waals surface area (Å²) in [5.74, 6) is -1.06. The normalized spacial score (nSPS) is 23.0. The molecule has 2 unspecified atom stereocenters. The summed E-state index contributed by atoms with van der Waals surface area (Å²) >= 11 is 0. The van der Waals surface area contributed by atoms with Crippen molar-refractivity contribution in [1.82, 2.24) is 19.8 Å². The number of ether oxygens (including phenoxy) is 2. The van der Waals surface area contributed by atoms with Crippen molar-refractivity contribution in [2.24, 2.45) is 0 Å². The monoisotopic (exact) mass is 502 g/mol. The molecule has 0 saturated carbocycles. The number of hydrogen-bond acceptors (Lipinski definition) is 8. The first-order valence-electron chi connectivity index (χ1n) is 12.8. The molecule has 0 aliphatic carbocycles. The fourth-order valence-corrected chi connectivity index (χ4v) is 5.03. The molecule has 10 heteroatoms. The minimum absolute atomic E-state index is 0.0535. The maximum atomic E-state index is 13.4. The number of hydrogen-bond donors (Lipinski definition) is 1. The number of piperidine rings is 2. The highest BCUT2D eigenvalue weighted by Crippen LogP contribution is 2.30. The Morgan fingerprint density at radius 2 is 2.00 bits per heavy atom. The first-order valence-corrected chi connectivity index (χ1v) is 12.8. The van der Waals surface area contributed by atoms with Crippen LogP contribution < -0.4 is 10.1 Å². The number of nitriles is 1. The minimum Gasteiger partial charge on any atom is -0.497 e. The van der Waals surface area contributed by atoms with E-state index in [4.69, 9.17) is 9.47 Å². The number of methoxy groups -OCH3 is 1. The van der Waals surface area contributed by atoms with Crippen LogP contribution >= 0.6 is 0 Å². The molecular formula is C26H36F2N6O2. The number of likely N-dealkylation sites (tertiary alicyclic amines) is 2. The summed E-state index contributed by atoms with van der Waals surface area (Å²) in [6.45, 7) is 7.46. The molecule has 1 aromatic carbocycles. The van der Waals surface area contributed by atoms with E-state index in [2.05, 4.69) is 38.9 Å². The van der Waals surface area contributed by atoms with Crippen LogP contribution in [0.1, 0.15) is 51.8 Å². The van der Waals surface area contributed by atoms with Crippen LogP contribution in [0.3, 0.4) is 0 Å². The topological polar surface area (TPSA) is 86.5 Å². The second-order valence-corrected chi connectivity index (χ2v) is 9.96. The summed E-state index contributed by atoms with van der Waals surface area (Å²) in [5.41, 5.74) is 0.688. The van der Waals surface area contributed by atoms with Gasteiger partial charge in [0.1, 0.15) is 23.9 Å². The van der Waals surface area contributed by atoms with E-state index in [9.17, 15) is 14.0 Å². The molecular weight excluding hydrogens is 466 g/mol. The highest BCUT2D eigenvalue weighted by atomic mass is 19.3. The summed E-state index contributed by atoms with van der Waals surface area (Å²) in [6.07, 6.45) is 2.33. The molecule has 2 aliphatic rings. The number of nitrogens with one attached hydrogen (secondary N) is 1. The van der Waals surface area contributed by atoms with Gasteiger partial charge in [0.15, 0.2) is 0 Å². The molecule has 0 bridgehead atoms. The van der Waals surface area contributed by atoms with Gasteiger partial charge in [0.05, 0.1) is 12.6 Å². The van der Waals surface area contributed by atoms with Crippen LogP contribution in [-0.4, -0.2) is 83.9 Å². The molecule has 196 valence electrons. The van der Waals surface area contributed by atoms with Crippen LogP contribution in [-0.2, 0) is 4.74 Å². The van der Waals surface area contributed by atoms with Crippen molar-refractivity contribution < 1.29 is 18.3 Å². The molecule has 0 amide bonds. The predicted octanol–water partition coefficient (Wildman–Crippen LogP) is 4.26. The Morgan fingerprint density at radius 3 is 2.69 bits per heavy atom. The zero-order chi connectivity index (χ0) is 25.7. The van der Waals surface area contributed by atoms with E-state index >= 15 is 0 Å². The van der Waals surface area contributed by atoms with Gasteiger partial charge in [0.2, 0.25) is 5.82 Å². The first-order chi connectivity index (χ1) is 17.3. The highest BCUT2D eigenvalue weighted by molar-refractivity contribution is 5.90. The number of halogens is 2. The third kappa shape index (κ3) is 6.58. The van der Waals surface area contributed by atoms with Gasteiger partial charge in [-0.25, -0.2) is 18.7 Å². The van der Waals surface area contributed by atoms with Crippen LogP contribution in [0.5, 0.6) is 5.75 Å². The zero-order valence-electron chi connectivity index (χ0n) is 21.3. The number of anilines is 1. The van der Waals surface area contributed by atoms with Crippen LogP contribution in [0, 0.1) is 11.3 Å². The Morgan fingerprint density at radius 1 is 1.22 bits per heavy atom. The van der Waals surface area contributed by atoms with Crippen LogP contribution in [0.25, 0.3) is 10.9 Å². The van der Waals surface area contributed by atoms with Crippen molar-refractivity contribution in [3.05, 3.63) is 24.0 Å². The van der Waals surface area contributed by atoms with Gasteiger partial charge in [-0.3, -0.25) is 4.90 Å². The molecule has 8 nitrogen and oxygen atoms in total. The second kappa shape index (κ2) is 11.6. The van der Waals surface area contributed by atoms with E-state index in [1.807, 2.05) is 24.3 Å². The van der Waals surface area contributed by atoms with E-state index in [1.54, 1.807) is 7.11 Å². The van der Waals surface area contributed by atoms with Gasteiger partial charge in [0, 0.05) is 69.5 Å². The maximum absolute atomic E-state index is 13.4. The molecule has 2 atom stereocenters. The van der Waals surface area contributed by atoms with Gasteiger partial charge < -0.3 is 19.7 Å². The van der Waals surface area contributed by atoms with Crippen molar-refractivity contribution in [1.29, 1.82) is 5.26 Å². The lowest BCUT2D eigenvalue weighted by Crippen LogP contribution is -2.50. The quantitative estimate of drug-likeness (QED) is 0.509. The summed E-state index contributed by atoms with van der Waals surface area (Å²) in [5, 5.41) is 13.8. The molecule has 1 aromatic heterocycles. The second-order valence-electron chi connectivity index (χ2n) is 9.96. The first kappa shape index (κ1) is 26.5. The third-order valence-electron chi connectivity index (χ3n) is 7.12. The summed E-state index contributed by atoms with van der Waals surface area (Å²) < 4.78 is 38.5. The predicted molar refractivity (Wildman–Crippen MR) is 134 cm³/mol. The lowest BCUT2D eigenvalue weighted by Gasteiger charge is -2.42. The number of nitrogens with zero attached hydrogens (tertiary/aromatic N) is 5. The number of rotatable bonds is 9. The highest BCUT2D eigenvalue weighted by Gasteiger charge is 2.34. The van der Waals surface area contributed by atoms with Gasteiger partial charge >= 0.3 is 0 Å². The van der Waals surface area contributed by atoms with E-state index < -0.39 is 5.92 Å². The molecule has 3 heterocycles. The van der Waals surface area contributed by atoms with Crippen molar-refractivity contribution in [3.63, 3.8) is 0 Å². The van der Waals surface area contributed by atoms with E-state index in [0.29, 0.717) is 42.8 Å². The Bertz CT molecular complexity index is 1070. The van der Waals surface area contributed by atoms with Gasteiger partial charge in [0.25, 0.3) is 5.92 Å².